The Bertz CT molecular complexity index is 1180. The Hall–Kier alpha value is -3.71. The molecule has 0 aliphatic carbocycles. The second-order valence-electron chi connectivity index (χ2n) is 6.90. The summed E-state index contributed by atoms with van der Waals surface area (Å²) in [4.78, 5) is 20.2. The van der Waals surface area contributed by atoms with Gasteiger partial charge in [0.05, 0.1) is 12.7 Å². The number of carbonyl (C=O) groups excluding carboxylic acids is 1. The van der Waals surface area contributed by atoms with E-state index in [0.717, 1.165) is 22.6 Å². The predicted octanol–water partition coefficient (Wildman–Crippen LogP) is 4.51. The maximum atomic E-state index is 12.3. The van der Waals surface area contributed by atoms with Gasteiger partial charge in [0.15, 0.2) is 5.82 Å². The van der Waals surface area contributed by atoms with Crippen molar-refractivity contribution < 1.29 is 9.53 Å². The van der Waals surface area contributed by atoms with Crippen molar-refractivity contribution in [3.8, 4) is 5.75 Å². The van der Waals surface area contributed by atoms with Crippen LogP contribution in [0.1, 0.15) is 27.3 Å². The first-order valence-electron chi connectivity index (χ1n) is 9.65. The molecule has 1 N–H and O–H groups in total. The van der Waals surface area contributed by atoms with Gasteiger partial charge < -0.3 is 10.1 Å². The highest BCUT2D eigenvalue weighted by molar-refractivity contribution is 6.30. The van der Waals surface area contributed by atoms with Crippen LogP contribution in [0.15, 0.2) is 73.2 Å². The summed E-state index contributed by atoms with van der Waals surface area (Å²) in [6.45, 7) is 2.81. The molecule has 0 atom stereocenters. The smallest absolute Gasteiger partial charge is 0.277 e. The van der Waals surface area contributed by atoms with Crippen LogP contribution in [-0.2, 0) is 13.2 Å². The predicted molar refractivity (Wildman–Crippen MR) is 118 cm³/mol. The molecule has 2 aromatic carbocycles. The summed E-state index contributed by atoms with van der Waals surface area (Å²) in [5.74, 6) is 0.794. The number of carbonyl (C=O) groups is 1. The van der Waals surface area contributed by atoms with Crippen LogP contribution < -0.4 is 10.1 Å². The molecule has 2 aromatic heterocycles. The third-order valence-corrected chi connectivity index (χ3v) is 4.83. The minimum Gasteiger partial charge on any atom is -0.489 e. The molecule has 4 aromatic rings. The van der Waals surface area contributed by atoms with Crippen molar-refractivity contribution >= 4 is 23.3 Å². The van der Waals surface area contributed by atoms with Crippen LogP contribution in [0.3, 0.4) is 0 Å². The Morgan fingerprint density at radius 2 is 1.97 bits per heavy atom. The van der Waals surface area contributed by atoms with E-state index in [1.165, 1.54) is 18.6 Å². The summed E-state index contributed by atoms with van der Waals surface area (Å²) in [6.07, 6.45) is 4.38. The van der Waals surface area contributed by atoms with E-state index in [1.807, 2.05) is 49.4 Å². The van der Waals surface area contributed by atoms with E-state index in [2.05, 4.69) is 20.4 Å². The van der Waals surface area contributed by atoms with Gasteiger partial charge in [0.25, 0.3) is 5.91 Å². The lowest BCUT2D eigenvalue weighted by molar-refractivity contribution is 0.102. The summed E-state index contributed by atoms with van der Waals surface area (Å²) in [5.41, 5.74) is 3.07. The lowest BCUT2D eigenvalue weighted by Gasteiger charge is -2.13. The fourth-order valence-electron chi connectivity index (χ4n) is 3.04. The maximum Gasteiger partial charge on any atom is 0.277 e. The Morgan fingerprint density at radius 1 is 1.13 bits per heavy atom. The highest BCUT2D eigenvalue weighted by Gasteiger charge is 2.13. The van der Waals surface area contributed by atoms with Crippen LogP contribution in [0, 0.1) is 6.92 Å². The first-order valence-corrected chi connectivity index (χ1v) is 10.0. The van der Waals surface area contributed by atoms with Crippen molar-refractivity contribution in [2.45, 2.75) is 20.1 Å². The Kier molecular flexibility index (Phi) is 6.24. The van der Waals surface area contributed by atoms with E-state index in [9.17, 15) is 4.79 Å². The molecular weight excluding hydrogens is 414 g/mol. The van der Waals surface area contributed by atoms with Gasteiger partial charge >= 0.3 is 0 Å². The standard InChI is InChI=1S/C23H20ClN5O2/c1-16-11-22(27-23(30)20-13-25-9-10-26-20)28-29(16)14-18-12-19(24)7-8-21(18)31-15-17-5-3-2-4-6-17/h2-13H,14-15H2,1H3,(H,27,28,30). The molecule has 0 spiro atoms. The van der Waals surface area contributed by atoms with E-state index < -0.39 is 0 Å². The van der Waals surface area contributed by atoms with Crippen LogP contribution >= 0.6 is 11.6 Å². The van der Waals surface area contributed by atoms with Gasteiger partial charge in [-0.25, -0.2) is 4.98 Å². The number of anilines is 1. The minimum absolute atomic E-state index is 0.223. The number of aromatic nitrogens is 4. The Morgan fingerprint density at radius 3 is 2.74 bits per heavy atom. The average Bonchev–Trinajstić information content (AvgIpc) is 3.13. The third kappa shape index (κ3) is 5.26. The topological polar surface area (TPSA) is 81.9 Å². The van der Waals surface area contributed by atoms with Crippen LogP contribution in [0.4, 0.5) is 5.82 Å². The van der Waals surface area contributed by atoms with Gasteiger partial charge in [-0.15, -0.1) is 0 Å². The lowest BCUT2D eigenvalue weighted by atomic mass is 10.2. The molecule has 0 saturated heterocycles. The number of hydrogen-bond acceptors (Lipinski definition) is 5. The third-order valence-electron chi connectivity index (χ3n) is 4.60. The zero-order valence-electron chi connectivity index (χ0n) is 16.8. The summed E-state index contributed by atoms with van der Waals surface area (Å²) >= 11 is 6.23. The fourth-order valence-corrected chi connectivity index (χ4v) is 3.23. The zero-order chi connectivity index (χ0) is 21.6. The van der Waals surface area contributed by atoms with Crippen molar-refractivity contribution in [3.05, 3.63) is 101 Å². The van der Waals surface area contributed by atoms with Crippen LogP contribution in [0.2, 0.25) is 5.02 Å². The number of ether oxygens (including phenoxy) is 1. The number of benzene rings is 2. The van der Waals surface area contributed by atoms with E-state index in [0.29, 0.717) is 24.0 Å². The molecule has 7 nitrogen and oxygen atoms in total. The summed E-state index contributed by atoms with van der Waals surface area (Å²) in [5, 5.41) is 7.86. The summed E-state index contributed by atoms with van der Waals surface area (Å²) in [6, 6.07) is 17.3. The molecule has 4 rings (SSSR count). The number of rotatable bonds is 7. The first kappa shape index (κ1) is 20.6. The van der Waals surface area contributed by atoms with Crippen molar-refractivity contribution in [2.24, 2.45) is 0 Å². The second kappa shape index (κ2) is 9.40. The fraction of sp³-hybridized carbons (Fsp3) is 0.130. The second-order valence-corrected chi connectivity index (χ2v) is 7.34. The molecule has 8 heteroatoms. The molecule has 0 aliphatic heterocycles. The zero-order valence-corrected chi connectivity index (χ0v) is 17.6. The number of nitrogens with one attached hydrogen (secondary N) is 1. The summed E-state index contributed by atoms with van der Waals surface area (Å²) in [7, 11) is 0. The van der Waals surface area contributed by atoms with Gasteiger partial charge in [0, 0.05) is 34.7 Å². The van der Waals surface area contributed by atoms with E-state index in [1.54, 1.807) is 16.8 Å². The molecule has 0 saturated carbocycles. The van der Waals surface area contributed by atoms with Gasteiger partial charge in [0.1, 0.15) is 18.1 Å². The molecule has 0 bridgehead atoms. The highest BCUT2D eigenvalue weighted by Crippen LogP contribution is 2.25. The van der Waals surface area contributed by atoms with E-state index in [-0.39, 0.29) is 11.6 Å². The molecule has 1 amide bonds. The van der Waals surface area contributed by atoms with Crippen molar-refractivity contribution in [1.29, 1.82) is 0 Å². The van der Waals surface area contributed by atoms with Gasteiger partial charge in [0.2, 0.25) is 0 Å². The average molecular weight is 434 g/mol. The Balaban J connectivity index is 1.50. The number of aryl methyl sites for hydroxylation is 1. The largest absolute Gasteiger partial charge is 0.489 e. The molecular formula is C23H20ClN5O2. The van der Waals surface area contributed by atoms with Crippen LogP contribution in [0.5, 0.6) is 5.75 Å². The lowest BCUT2D eigenvalue weighted by Crippen LogP contribution is -2.14. The quantitative estimate of drug-likeness (QED) is 0.463. The first-order chi connectivity index (χ1) is 15.1. The van der Waals surface area contributed by atoms with E-state index >= 15 is 0 Å². The SMILES string of the molecule is Cc1cc(NC(=O)c2cnccn2)nn1Cc1cc(Cl)ccc1OCc1ccccc1. The molecule has 0 unspecified atom stereocenters. The minimum atomic E-state index is -0.368. The number of hydrogen-bond donors (Lipinski definition) is 1. The van der Waals surface area contributed by atoms with Crippen molar-refractivity contribution in [1.82, 2.24) is 19.7 Å². The normalized spacial score (nSPS) is 10.6. The number of nitrogens with zero attached hydrogens (tertiary/aromatic N) is 4. The Labute approximate surface area is 184 Å². The molecule has 0 fully saturated rings. The van der Waals surface area contributed by atoms with Crippen LogP contribution in [-0.4, -0.2) is 25.7 Å². The molecule has 0 aliphatic rings. The van der Waals surface area contributed by atoms with Gasteiger partial charge in [-0.3, -0.25) is 14.5 Å². The van der Waals surface area contributed by atoms with Gasteiger partial charge in [-0.1, -0.05) is 41.9 Å². The van der Waals surface area contributed by atoms with Crippen LogP contribution in [0.25, 0.3) is 0 Å². The number of amides is 1. The van der Waals surface area contributed by atoms with E-state index in [4.69, 9.17) is 16.3 Å². The maximum absolute atomic E-state index is 12.3. The van der Waals surface area contributed by atoms with Crippen molar-refractivity contribution in [3.63, 3.8) is 0 Å². The molecule has 2 heterocycles. The van der Waals surface area contributed by atoms with Gasteiger partial charge in [-0.2, -0.15) is 5.10 Å². The monoisotopic (exact) mass is 433 g/mol. The van der Waals surface area contributed by atoms with Crippen molar-refractivity contribution in [2.75, 3.05) is 5.32 Å². The molecule has 156 valence electrons. The molecule has 0 radical (unpaired) electrons. The number of halogens is 1. The van der Waals surface area contributed by atoms with Gasteiger partial charge in [-0.05, 0) is 30.7 Å². The highest BCUT2D eigenvalue weighted by atomic mass is 35.5. The summed E-state index contributed by atoms with van der Waals surface area (Å²) < 4.78 is 7.82. The molecule has 31 heavy (non-hydrogen) atoms.